The molecule has 3 unspecified atom stereocenters. The summed E-state index contributed by atoms with van der Waals surface area (Å²) in [4.78, 5) is 22.7. The third kappa shape index (κ3) is 1.35. The largest absolute Gasteiger partial charge is 0.393 e. The first-order valence-electron chi connectivity index (χ1n) is 4.81. The molecule has 1 aliphatic heterocycles. The Labute approximate surface area is 82.3 Å². The molecule has 1 aliphatic carbocycles. The van der Waals surface area contributed by atoms with Crippen LogP contribution in [0.5, 0.6) is 0 Å². The molecule has 0 amide bonds. The molecule has 0 saturated carbocycles. The van der Waals surface area contributed by atoms with E-state index in [2.05, 4.69) is 10.1 Å². The zero-order valence-corrected chi connectivity index (χ0v) is 8.03. The first-order valence-corrected chi connectivity index (χ1v) is 4.81. The Morgan fingerprint density at radius 3 is 3.00 bits per heavy atom. The summed E-state index contributed by atoms with van der Waals surface area (Å²) in [5.74, 6) is -1.13. The number of hydrogen-bond acceptors (Lipinski definition) is 4. The molecule has 0 radical (unpaired) electrons. The lowest BCUT2D eigenvalue weighted by molar-refractivity contribution is -0.154. The molecule has 76 valence electrons. The van der Waals surface area contributed by atoms with Crippen molar-refractivity contribution >= 4 is 11.9 Å². The topological polar surface area (TPSA) is 55.4 Å². The molecular weight excluding hydrogens is 182 g/mol. The molecule has 4 nitrogen and oxygen atoms in total. The molecule has 3 atom stereocenters. The van der Waals surface area contributed by atoms with Crippen LogP contribution in [-0.4, -0.2) is 25.5 Å². The lowest BCUT2D eigenvalue weighted by atomic mass is 9.77. The summed E-state index contributed by atoms with van der Waals surface area (Å²) in [6, 6.07) is 0. The molecule has 1 N–H and O–H groups in total. The smallest absolute Gasteiger partial charge is 0.318 e. The maximum absolute atomic E-state index is 11.4. The number of cyclic esters (lactones) is 2. The average Bonchev–Trinajstić information content (AvgIpc) is 2.44. The molecule has 4 heteroatoms. The molecule has 0 aromatic carbocycles. The van der Waals surface area contributed by atoms with E-state index >= 15 is 0 Å². The molecule has 1 heterocycles. The second-order valence-electron chi connectivity index (χ2n) is 3.76. The Bertz CT molecular complexity index is 298. The highest BCUT2D eigenvalue weighted by Crippen LogP contribution is 2.36. The highest BCUT2D eigenvalue weighted by atomic mass is 16.6. The van der Waals surface area contributed by atoms with Crippen LogP contribution in [0.15, 0.2) is 12.2 Å². The quantitative estimate of drug-likeness (QED) is 0.385. The minimum atomic E-state index is -0.357. The predicted octanol–water partition coefficient (Wildman–Crippen LogP) is 0.0977. The maximum Gasteiger partial charge on any atom is 0.318 e. The van der Waals surface area contributed by atoms with Gasteiger partial charge < -0.3 is 10.1 Å². The molecule has 0 aromatic rings. The van der Waals surface area contributed by atoms with E-state index in [4.69, 9.17) is 0 Å². The second kappa shape index (κ2) is 3.53. The molecule has 1 fully saturated rings. The van der Waals surface area contributed by atoms with E-state index in [9.17, 15) is 9.59 Å². The maximum atomic E-state index is 11.4. The lowest BCUT2D eigenvalue weighted by Gasteiger charge is -2.24. The van der Waals surface area contributed by atoms with Gasteiger partial charge in [0.2, 0.25) is 0 Å². The van der Waals surface area contributed by atoms with Gasteiger partial charge in [-0.15, -0.1) is 0 Å². The number of carbonyl (C=O) groups is 2. The molecule has 0 spiro atoms. The lowest BCUT2D eigenvalue weighted by Crippen LogP contribution is -2.33. The van der Waals surface area contributed by atoms with Crippen molar-refractivity contribution in [1.29, 1.82) is 0 Å². The Kier molecular flexibility index (Phi) is 2.37. The van der Waals surface area contributed by atoms with Gasteiger partial charge in [0.05, 0.1) is 11.8 Å². The first-order chi connectivity index (χ1) is 6.74. The summed E-state index contributed by atoms with van der Waals surface area (Å²) < 4.78 is 4.64. The Balaban J connectivity index is 2.21. The molecule has 14 heavy (non-hydrogen) atoms. The van der Waals surface area contributed by atoms with Gasteiger partial charge in [-0.3, -0.25) is 9.59 Å². The van der Waals surface area contributed by atoms with Crippen LogP contribution in [0.2, 0.25) is 0 Å². The number of ether oxygens (including phenoxy) is 1. The van der Waals surface area contributed by atoms with Gasteiger partial charge in [-0.05, 0) is 13.5 Å². The monoisotopic (exact) mass is 195 g/mol. The first kappa shape index (κ1) is 9.40. The van der Waals surface area contributed by atoms with Crippen LogP contribution in [-0.2, 0) is 14.3 Å². The van der Waals surface area contributed by atoms with Gasteiger partial charge in [-0.1, -0.05) is 12.2 Å². The summed E-state index contributed by atoms with van der Waals surface area (Å²) >= 11 is 0. The molecule has 0 aromatic heterocycles. The Hall–Kier alpha value is -1.16. The highest BCUT2D eigenvalue weighted by Gasteiger charge is 2.48. The molecular formula is C10H13NO3. The standard InChI is InChI=1S/C10H13NO3/c1-11-5-6-3-2-4-7-8(6)10(13)14-9(7)12/h2-3,6-8,11H,4-5H2,1H3. The molecule has 1 saturated heterocycles. The van der Waals surface area contributed by atoms with Crippen LogP contribution in [0.3, 0.4) is 0 Å². The number of esters is 2. The fourth-order valence-corrected chi connectivity index (χ4v) is 2.22. The van der Waals surface area contributed by atoms with Gasteiger partial charge in [0.1, 0.15) is 0 Å². The van der Waals surface area contributed by atoms with E-state index in [1.54, 1.807) is 0 Å². The van der Waals surface area contributed by atoms with Crippen LogP contribution in [0.25, 0.3) is 0 Å². The minimum absolute atomic E-state index is 0.0951. The Morgan fingerprint density at radius 1 is 1.50 bits per heavy atom. The molecule has 2 aliphatic rings. The van der Waals surface area contributed by atoms with Gasteiger partial charge in [0.15, 0.2) is 0 Å². The number of fused-ring (bicyclic) bond motifs is 1. The van der Waals surface area contributed by atoms with E-state index in [1.165, 1.54) is 0 Å². The van der Waals surface area contributed by atoms with Crippen molar-refractivity contribution in [3.05, 3.63) is 12.2 Å². The Morgan fingerprint density at radius 2 is 2.29 bits per heavy atom. The van der Waals surface area contributed by atoms with Gasteiger partial charge in [0.25, 0.3) is 0 Å². The van der Waals surface area contributed by atoms with Crippen LogP contribution < -0.4 is 5.32 Å². The van der Waals surface area contributed by atoms with Gasteiger partial charge >= 0.3 is 11.9 Å². The second-order valence-corrected chi connectivity index (χ2v) is 3.76. The van der Waals surface area contributed by atoms with Crippen molar-refractivity contribution in [3.8, 4) is 0 Å². The average molecular weight is 195 g/mol. The predicted molar refractivity (Wildman–Crippen MR) is 49.3 cm³/mol. The highest BCUT2D eigenvalue weighted by molar-refractivity contribution is 5.97. The van der Waals surface area contributed by atoms with E-state index < -0.39 is 0 Å². The molecule has 0 bridgehead atoms. The minimum Gasteiger partial charge on any atom is -0.393 e. The fraction of sp³-hybridized carbons (Fsp3) is 0.600. The SMILES string of the molecule is CNCC1C=CCC2C(=O)OC(=O)C12. The summed E-state index contributed by atoms with van der Waals surface area (Å²) in [7, 11) is 1.83. The zero-order valence-electron chi connectivity index (χ0n) is 8.03. The van der Waals surface area contributed by atoms with Crippen molar-refractivity contribution in [3.63, 3.8) is 0 Å². The van der Waals surface area contributed by atoms with Crippen LogP contribution >= 0.6 is 0 Å². The van der Waals surface area contributed by atoms with Crippen LogP contribution in [0.4, 0.5) is 0 Å². The van der Waals surface area contributed by atoms with Crippen molar-refractivity contribution in [2.24, 2.45) is 17.8 Å². The van der Waals surface area contributed by atoms with Crippen molar-refractivity contribution < 1.29 is 14.3 Å². The normalized spacial score (nSPS) is 35.6. The molecule has 2 rings (SSSR count). The van der Waals surface area contributed by atoms with Gasteiger partial charge in [0, 0.05) is 12.5 Å². The summed E-state index contributed by atoms with van der Waals surface area (Å²) in [5, 5.41) is 3.02. The van der Waals surface area contributed by atoms with Crippen molar-refractivity contribution in [2.45, 2.75) is 6.42 Å². The van der Waals surface area contributed by atoms with Crippen LogP contribution in [0.1, 0.15) is 6.42 Å². The van der Waals surface area contributed by atoms with Gasteiger partial charge in [-0.25, -0.2) is 0 Å². The third-order valence-corrected chi connectivity index (χ3v) is 2.88. The van der Waals surface area contributed by atoms with E-state index in [1.807, 2.05) is 19.2 Å². The summed E-state index contributed by atoms with van der Waals surface area (Å²) in [6.07, 6.45) is 4.59. The summed E-state index contributed by atoms with van der Waals surface area (Å²) in [5.41, 5.74) is 0. The van der Waals surface area contributed by atoms with E-state index in [-0.39, 0.29) is 29.7 Å². The number of allylic oxidation sites excluding steroid dienone is 1. The van der Waals surface area contributed by atoms with E-state index in [0.717, 1.165) is 0 Å². The zero-order chi connectivity index (χ0) is 10.1. The fourth-order valence-electron chi connectivity index (χ4n) is 2.22. The van der Waals surface area contributed by atoms with Crippen molar-refractivity contribution in [1.82, 2.24) is 5.32 Å². The van der Waals surface area contributed by atoms with Crippen molar-refractivity contribution in [2.75, 3.05) is 13.6 Å². The number of rotatable bonds is 2. The number of carbonyl (C=O) groups excluding carboxylic acids is 2. The van der Waals surface area contributed by atoms with Crippen LogP contribution in [0, 0.1) is 17.8 Å². The number of hydrogen-bond donors (Lipinski definition) is 1. The summed E-state index contributed by atoms with van der Waals surface area (Å²) in [6.45, 7) is 0.708. The number of nitrogens with one attached hydrogen (secondary N) is 1. The van der Waals surface area contributed by atoms with Gasteiger partial charge in [-0.2, -0.15) is 0 Å². The third-order valence-electron chi connectivity index (χ3n) is 2.88. The van der Waals surface area contributed by atoms with E-state index in [0.29, 0.717) is 13.0 Å².